The van der Waals surface area contributed by atoms with Gasteiger partial charge in [-0.15, -0.1) is 11.3 Å². The van der Waals surface area contributed by atoms with Crippen LogP contribution in [0.2, 0.25) is 10.0 Å². The Bertz CT molecular complexity index is 533. The molecule has 2 aromatic rings. The maximum absolute atomic E-state index is 11.1. The van der Waals surface area contributed by atoms with Gasteiger partial charge in [0.05, 0.1) is 10.0 Å². The standard InChI is InChI=1S/C10H5Cl2NOS/c11-6-2-1-3-7(12)9(6)10-13-8(14)4-5-15-10/h1-5H. The molecule has 0 saturated heterocycles. The second kappa shape index (κ2) is 4.31. The molecule has 15 heavy (non-hydrogen) atoms. The highest BCUT2D eigenvalue weighted by atomic mass is 35.5. The van der Waals surface area contributed by atoms with Crippen LogP contribution in [0.3, 0.4) is 0 Å². The van der Waals surface area contributed by atoms with E-state index in [1.807, 2.05) is 0 Å². The lowest BCUT2D eigenvalue weighted by atomic mass is 10.2. The first kappa shape index (κ1) is 10.6. The molecule has 2 nitrogen and oxygen atoms in total. The van der Waals surface area contributed by atoms with E-state index in [1.54, 1.807) is 23.6 Å². The highest BCUT2D eigenvalue weighted by Gasteiger charge is 2.10. The summed E-state index contributed by atoms with van der Waals surface area (Å²) in [5, 5.41) is 3.21. The summed E-state index contributed by atoms with van der Waals surface area (Å²) >= 11 is 13.3. The first-order valence-corrected chi connectivity index (χ1v) is 5.72. The molecule has 0 N–H and O–H groups in total. The molecule has 1 aromatic carbocycles. The van der Waals surface area contributed by atoms with Crippen LogP contribution < -0.4 is 5.56 Å². The number of rotatable bonds is 1. The Labute approximate surface area is 100 Å². The van der Waals surface area contributed by atoms with Gasteiger partial charge in [-0.05, 0) is 17.5 Å². The average molecular weight is 258 g/mol. The molecule has 2 rings (SSSR count). The largest absolute Gasteiger partial charge is 0.271 e. The van der Waals surface area contributed by atoms with Crippen LogP contribution in [0, 0.1) is 0 Å². The van der Waals surface area contributed by atoms with Gasteiger partial charge in [0, 0.05) is 11.6 Å². The van der Waals surface area contributed by atoms with Gasteiger partial charge in [0.15, 0.2) is 0 Å². The van der Waals surface area contributed by atoms with Crippen molar-refractivity contribution in [2.45, 2.75) is 0 Å². The number of benzene rings is 1. The van der Waals surface area contributed by atoms with E-state index in [-0.39, 0.29) is 5.56 Å². The monoisotopic (exact) mass is 257 g/mol. The van der Waals surface area contributed by atoms with Crippen molar-refractivity contribution in [3.63, 3.8) is 0 Å². The first-order chi connectivity index (χ1) is 7.18. The van der Waals surface area contributed by atoms with E-state index >= 15 is 0 Å². The van der Waals surface area contributed by atoms with E-state index in [4.69, 9.17) is 23.2 Å². The second-order valence-corrected chi connectivity index (χ2v) is 4.48. The summed E-state index contributed by atoms with van der Waals surface area (Å²) in [6.45, 7) is 0. The summed E-state index contributed by atoms with van der Waals surface area (Å²) in [6, 6.07) is 6.59. The molecule has 1 heterocycles. The predicted molar refractivity (Wildman–Crippen MR) is 63.8 cm³/mol. The first-order valence-electron chi connectivity index (χ1n) is 4.09. The number of aromatic nitrogens is 1. The van der Waals surface area contributed by atoms with Gasteiger partial charge in [0.1, 0.15) is 5.01 Å². The van der Waals surface area contributed by atoms with Gasteiger partial charge in [-0.2, -0.15) is 4.98 Å². The molecule has 0 saturated carbocycles. The Hall–Kier alpha value is -0.900. The molecule has 0 unspecified atom stereocenters. The lowest BCUT2D eigenvalue weighted by Gasteiger charge is -2.03. The highest BCUT2D eigenvalue weighted by Crippen LogP contribution is 2.34. The minimum Gasteiger partial charge on any atom is -0.267 e. The fraction of sp³-hybridized carbons (Fsp3) is 0. The van der Waals surface area contributed by atoms with Crippen molar-refractivity contribution in [3.05, 3.63) is 50.0 Å². The Balaban J connectivity index is 2.69. The van der Waals surface area contributed by atoms with Crippen LogP contribution in [0.4, 0.5) is 0 Å². The molecule has 0 radical (unpaired) electrons. The van der Waals surface area contributed by atoms with Crippen molar-refractivity contribution in [1.82, 2.24) is 4.98 Å². The zero-order chi connectivity index (χ0) is 10.8. The summed E-state index contributed by atoms with van der Waals surface area (Å²) in [5.41, 5.74) is 0.322. The minimum absolute atomic E-state index is 0.292. The van der Waals surface area contributed by atoms with Gasteiger partial charge in [0.25, 0.3) is 5.56 Å². The molecule has 0 atom stereocenters. The SMILES string of the molecule is O=c1ccsc(-c2c(Cl)cccc2Cl)n1. The van der Waals surface area contributed by atoms with Gasteiger partial charge in [-0.25, -0.2) is 0 Å². The number of halogens is 2. The summed E-state index contributed by atoms with van der Waals surface area (Å²) in [4.78, 5) is 15.0. The van der Waals surface area contributed by atoms with Crippen LogP contribution >= 0.6 is 34.5 Å². The number of nitrogens with zero attached hydrogens (tertiary/aromatic N) is 1. The van der Waals surface area contributed by atoms with Gasteiger partial charge in [-0.3, -0.25) is 4.79 Å². The normalized spacial score (nSPS) is 10.3. The van der Waals surface area contributed by atoms with E-state index in [1.165, 1.54) is 17.4 Å². The smallest absolute Gasteiger partial charge is 0.267 e. The zero-order valence-corrected chi connectivity index (χ0v) is 9.73. The predicted octanol–water partition coefficient (Wildman–Crippen LogP) is 3.48. The third-order valence-electron chi connectivity index (χ3n) is 1.78. The zero-order valence-electron chi connectivity index (χ0n) is 7.41. The van der Waals surface area contributed by atoms with Crippen LogP contribution in [0.15, 0.2) is 34.4 Å². The molecule has 0 aliphatic carbocycles. The van der Waals surface area contributed by atoms with Crippen LogP contribution in [-0.4, -0.2) is 4.98 Å². The Morgan fingerprint density at radius 3 is 2.40 bits per heavy atom. The van der Waals surface area contributed by atoms with Gasteiger partial charge in [0.2, 0.25) is 0 Å². The van der Waals surface area contributed by atoms with Crippen molar-refractivity contribution in [3.8, 4) is 10.6 Å². The fourth-order valence-electron chi connectivity index (χ4n) is 1.14. The molecule has 0 aliphatic heterocycles. The third kappa shape index (κ3) is 2.20. The summed E-state index contributed by atoms with van der Waals surface area (Å²) in [7, 11) is 0. The number of hydrogen-bond donors (Lipinski definition) is 0. The van der Waals surface area contributed by atoms with Gasteiger partial charge in [-0.1, -0.05) is 29.3 Å². The second-order valence-electron chi connectivity index (χ2n) is 2.77. The molecule has 0 amide bonds. The lowest BCUT2D eigenvalue weighted by molar-refractivity contribution is 1.28. The molecule has 76 valence electrons. The number of hydrogen-bond acceptors (Lipinski definition) is 3. The van der Waals surface area contributed by atoms with Crippen LogP contribution in [-0.2, 0) is 0 Å². The third-order valence-corrected chi connectivity index (χ3v) is 3.20. The van der Waals surface area contributed by atoms with Crippen LogP contribution in [0.5, 0.6) is 0 Å². The van der Waals surface area contributed by atoms with Crippen LogP contribution in [0.25, 0.3) is 10.6 Å². The van der Waals surface area contributed by atoms with Gasteiger partial charge >= 0.3 is 0 Å². The molecule has 0 bridgehead atoms. The Kier molecular flexibility index (Phi) is 3.05. The maximum Gasteiger partial charge on any atom is 0.271 e. The van der Waals surface area contributed by atoms with E-state index < -0.39 is 0 Å². The molecule has 5 heteroatoms. The molecule has 0 aliphatic rings. The van der Waals surface area contributed by atoms with E-state index in [2.05, 4.69) is 4.98 Å². The molecule has 1 aromatic heterocycles. The van der Waals surface area contributed by atoms with Crippen molar-refractivity contribution in [2.24, 2.45) is 0 Å². The highest BCUT2D eigenvalue weighted by molar-refractivity contribution is 7.12. The molecular formula is C10H5Cl2NOS. The van der Waals surface area contributed by atoms with Crippen molar-refractivity contribution in [1.29, 1.82) is 0 Å². The van der Waals surface area contributed by atoms with Crippen molar-refractivity contribution >= 4 is 34.5 Å². The molecule has 0 spiro atoms. The summed E-state index contributed by atoms with van der Waals surface area (Å²) in [6.07, 6.45) is 0. The lowest BCUT2D eigenvalue weighted by Crippen LogP contribution is -2.02. The van der Waals surface area contributed by atoms with Crippen LogP contribution in [0.1, 0.15) is 0 Å². The quantitative estimate of drug-likeness (QED) is 0.783. The molecule has 0 fully saturated rings. The topological polar surface area (TPSA) is 30.0 Å². The van der Waals surface area contributed by atoms with E-state index in [0.717, 1.165) is 0 Å². The maximum atomic E-state index is 11.1. The molecular weight excluding hydrogens is 253 g/mol. The van der Waals surface area contributed by atoms with Crippen molar-refractivity contribution in [2.75, 3.05) is 0 Å². The Morgan fingerprint density at radius 2 is 1.80 bits per heavy atom. The minimum atomic E-state index is -0.292. The van der Waals surface area contributed by atoms with E-state index in [0.29, 0.717) is 20.6 Å². The summed E-state index contributed by atoms with van der Waals surface area (Å²) < 4.78 is 0. The summed E-state index contributed by atoms with van der Waals surface area (Å²) in [5.74, 6) is 0. The Morgan fingerprint density at radius 1 is 1.13 bits per heavy atom. The average Bonchev–Trinajstić information content (AvgIpc) is 2.17. The fourth-order valence-corrected chi connectivity index (χ4v) is 2.62. The van der Waals surface area contributed by atoms with Crippen molar-refractivity contribution < 1.29 is 0 Å². The van der Waals surface area contributed by atoms with E-state index in [9.17, 15) is 4.79 Å². The van der Waals surface area contributed by atoms with Gasteiger partial charge < -0.3 is 0 Å².